The lowest BCUT2D eigenvalue weighted by Crippen LogP contribution is -2.13. The maximum absolute atomic E-state index is 9.45. The lowest BCUT2D eigenvalue weighted by atomic mass is 10.1. The SMILES string of the molecule is CCOc1cccc(NCC2CCC(O)C2)n1. The van der Waals surface area contributed by atoms with E-state index in [2.05, 4.69) is 10.3 Å². The molecule has 4 nitrogen and oxygen atoms in total. The molecule has 1 aliphatic rings. The zero-order valence-corrected chi connectivity index (χ0v) is 10.2. The van der Waals surface area contributed by atoms with E-state index >= 15 is 0 Å². The van der Waals surface area contributed by atoms with Gasteiger partial charge in [0.15, 0.2) is 0 Å². The van der Waals surface area contributed by atoms with Crippen molar-refractivity contribution in [1.29, 1.82) is 0 Å². The van der Waals surface area contributed by atoms with Crippen molar-refractivity contribution < 1.29 is 9.84 Å². The smallest absolute Gasteiger partial charge is 0.215 e. The number of anilines is 1. The summed E-state index contributed by atoms with van der Waals surface area (Å²) in [6.45, 7) is 3.45. The number of aliphatic hydroxyl groups is 1. The van der Waals surface area contributed by atoms with Gasteiger partial charge in [-0.15, -0.1) is 0 Å². The Balaban J connectivity index is 1.83. The molecule has 2 unspecified atom stereocenters. The maximum atomic E-state index is 9.45. The minimum atomic E-state index is -0.107. The molecule has 1 aromatic rings. The minimum absolute atomic E-state index is 0.107. The lowest BCUT2D eigenvalue weighted by Gasteiger charge is -2.12. The van der Waals surface area contributed by atoms with Crippen molar-refractivity contribution in [2.75, 3.05) is 18.5 Å². The van der Waals surface area contributed by atoms with Crippen LogP contribution in [0.5, 0.6) is 5.88 Å². The summed E-state index contributed by atoms with van der Waals surface area (Å²) in [4.78, 5) is 4.35. The number of pyridine rings is 1. The predicted molar refractivity (Wildman–Crippen MR) is 67.2 cm³/mol. The molecule has 0 aliphatic heterocycles. The van der Waals surface area contributed by atoms with E-state index in [4.69, 9.17) is 4.74 Å². The van der Waals surface area contributed by atoms with Crippen LogP contribution in [-0.4, -0.2) is 29.3 Å². The molecule has 1 aliphatic carbocycles. The number of ether oxygens (including phenoxy) is 1. The molecular weight excluding hydrogens is 216 g/mol. The van der Waals surface area contributed by atoms with Gasteiger partial charge in [0.05, 0.1) is 12.7 Å². The molecule has 94 valence electrons. The number of nitrogens with one attached hydrogen (secondary N) is 1. The van der Waals surface area contributed by atoms with Crippen molar-refractivity contribution in [3.8, 4) is 5.88 Å². The Bertz CT molecular complexity index is 357. The first-order chi connectivity index (χ1) is 8.28. The highest BCUT2D eigenvalue weighted by Gasteiger charge is 2.22. The van der Waals surface area contributed by atoms with E-state index in [0.29, 0.717) is 18.4 Å². The highest BCUT2D eigenvalue weighted by atomic mass is 16.5. The Hall–Kier alpha value is -1.29. The van der Waals surface area contributed by atoms with E-state index < -0.39 is 0 Å². The second-order valence-corrected chi connectivity index (χ2v) is 4.51. The van der Waals surface area contributed by atoms with Gasteiger partial charge in [-0.1, -0.05) is 6.07 Å². The van der Waals surface area contributed by atoms with Crippen LogP contribution in [0.15, 0.2) is 18.2 Å². The van der Waals surface area contributed by atoms with Crippen LogP contribution in [0.1, 0.15) is 26.2 Å². The summed E-state index contributed by atoms with van der Waals surface area (Å²) < 4.78 is 5.34. The van der Waals surface area contributed by atoms with Gasteiger partial charge in [0.1, 0.15) is 5.82 Å². The summed E-state index contributed by atoms with van der Waals surface area (Å²) >= 11 is 0. The highest BCUT2D eigenvalue weighted by Crippen LogP contribution is 2.25. The van der Waals surface area contributed by atoms with Gasteiger partial charge >= 0.3 is 0 Å². The maximum Gasteiger partial charge on any atom is 0.215 e. The van der Waals surface area contributed by atoms with Gasteiger partial charge in [-0.2, -0.15) is 4.98 Å². The Kier molecular flexibility index (Phi) is 4.20. The number of rotatable bonds is 5. The monoisotopic (exact) mass is 236 g/mol. The molecule has 0 aromatic carbocycles. The highest BCUT2D eigenvalue weighted by molar-refractivity contribution is 5.37. The summed E-state index contributed by atoms with van der Waals surface area (Å²) in [5.41, 5.74) is 0. The van der Waals surface area contributed by atoms with Crippen molar-refractivity contribution in [1.82, 2.24) is 4.98 Å². The van der Waals surface area contributed by atoms with E-state index in [0.717, 1.165) is 31.6 Å². The Morgan fingerprint density at radius 2 is 2.35 bits per heavy atom. The molecule has 0 amide bonds. The molecule has 0 radical (unpaired) electrons. The zero-order chi connectivity index (χ0) is 12.1. The van der Waals surface area contributed by atoms with Crippen LogP contribution in [0.4, 0.5) is 5.82 Å². The Labute approximate surface area is 102 Å². The molecule has 0 bridgehead atoms. The summed E-state index contributed by atoms with van der Waals surface area (Å²) in [5, 5.41) is 12.8. The molecule has 1 saturated carbocycles. The molecular formula is C13H20N2O2. The van der Waals surface area contributed by atoms with Crippen molar-refractivity contribution in [2.24, 2.45) is 5.92 Å². The first-order valence-corrected chi connectivity index (χ1v) is 6.29. The summed E-state index contributed by atoms with van der Waals surface area (Å²) in [6.07, 6.45) is 2.82. The minimum Gasteiger partial charge on any atom is -0.478 e. The molecule has 0 spiro atoms. The van der Waals surface area contributed by atoms with E-state index in [9.17, 15) is 5.11 Å². The van der Waals surface area contributed by atoms with Crippen LogP contribution in [0.3, 0.4) is 0 Å². The average molecular weight is 236 g/mol. The number of hydrogen-bond acceptors (Lipinski definition) is 4. The molecule has 0 saturated heterocycles. The second kappa shape index (κ2) is 5.87. The summed E-state index contributed by atoms with van der Waals surface area (Å²) in [7, 11) is 0. The third-order valence-electron chi connectivity index (χ3n) is 3.10. The normalized spacial score (nSPS) is 23.6. The van der Waals surface area contributed by atoms with Gasteiger partial charge in [-0.05, 0) is 38.2 Å². The van der Waals surface area contributed by atoms with Gasteiger partial charge < -0.3 is 15.2 Å². The third kappa shape index (κ3) is 3.60. The topological polar surface area (TPSA) is 54.4 Å². The lowest BCUT2D eigenvalue weighted by molar-refractivity contribution is 0.178. The van der Waals surface area contributed by atoms with Gasteiger partial charge in [0.2, 0.25) is 5.88 Å². The van der Waals surface area contributed by atoms with Gasteiger partial charge in [0, 0.05) is 12.6 Å². The van der Waals surface area contributed by atoms with Crippen LogP contribution in [0.2, 0.25) is 0 Å². The molecule has 17 heavy (non-hydrogen) atoms. The van der Waals surface area contributed by atoms with Crippen LogP contribution in [0.25, 0.3) is 0 Å². The fourth-order valence-corrected chi connectivity index (χ4v) is 2.22. The van der Waals surface area contributed by atoms with Gasteiger partial charge in [0.25, 0.3) is 0 Å². The Morgan fingerprint density at radius 1 is 1.47 bits per heavy atom. The standard InChI is InChI=1S/C13H20N2O2/c1-2-17-13-5-3-4-12(15-13)14-9-10-6-7-11(16)8-10/h3-5,10-11,16H,2,6-9H2,1H3,(H,14,15). The van der Waals surface area contributed by atoms with Crippen molar-refractivity contribution in [3.05, 3.63) is 18.2 Å². The van der Waals surface area contributed by atoms with Gasteiger partial charge in [-0.3, -0.25) is 0 Å². The van der Waals surface area contributed by atoms with E-state index in [1.54, 1.807) is 0 Å². The van der Waals surface area contributed by atoms with E-state index in [1.165, 1.54) is 0 Å². The molecule has 2 rings (SSSR count). The summed E-state index contributed by atoms with van der Waals surface area (Å²) in [6, 6.07) is 5.73. The van der Waals surface area contributed by atoms with E-state index in [1.807, 2.05) is 25.1 Å². The first-order valence-electron chi connectivity index (χ1n) is 6.29. The molecule has 1 fully saturated rings. The van der Waals surface area contributed by atoms with Crippen molar-refractivity contribution >= 4 is 5.82 Å². The van der Waals surface area contributed by atoms with Crippen LogP contribution in [0, 0.1) is 5.92 Å². The molecule has 2 atom stereocenters. The van der Waals surface area contributed by atoms with E-state index in [-0.39, 0.29) is 6.10 Å². The fourth-order valence-electron chi connectivity index (χ4n) is 2.22. The van der Waals surface area contributed by atoms with Gasteiger partial charge in [-0.25, -0.2) is 0 Å². The second-order valence-electron chi connectivity index (χ2n) is 4.51. The average Bonchev–Trinajstić information content (AvgIpc) is 2.74. The number of aliphatic hydroxyl groups excluding tert-OH is 1. The van der Waals surface area contributed by atoms with Crippen LogP contribution in [-0.2, 0) is 0 Å². The Morgan fingerprint density at radius 3 is 3.06 bits per heavy atom. The first kappa shape index (κ1) is 12.2. The molecule has 4 heteroatoms. The zero-order valence-electron chi connectivity index (χ0n) is 10.2. The van der Waals surface area contributed by atoms with Crippen molar-refractivity contribution in [3.63, 3.8) is 0 Å². The number of nitrogens with zero attached hydrogens (tertiary/aromatic N) is 1. The fraction of sp³-hybridized carbons (Fsp3) is 0.615. The number of hydrogen-bond donors (Lipinski definition) is 2. The molecule has 2 N–H and O–H groups in total. The predicted octanol–water partition coefficient (Wildman–Crippen LogP) is 2.05. The quantitative estimate of drug-likeness (QED) is 0.821. The van der Waals surface area contributed by atoms with Crippen LogP contribution >= 0.6 is 0 Å². The number of aromatic nitrogens is 1. The summed E-state index contributed by atoms with van der Waals surface area (Å²) in [5.74, 6) is 2.06. The van der Waals surface area contributed by atoms with Crippen LogP contribution < -0.4 is 10.1 Å². The van der Waals surface area contributed by atoms with Crippen molar-refractivity contribution in [2.45, 2.75) is 32.3 Å². The third-order valence-corrected chi connectivity index (χ3v) is 3.10. The molecule has 1 aromatic heterocycles. The molecule has 1 heterocycles. The largest absolute Gasteiger partial charge is 0.478 e.